The number of hydrogen-bond donors (Lipinski definition) is 2. The van der Waals surface area contributed by atoms with Crippen LogP contribution in [-0.2, 0) is 0 Å². The molecule has 0 aliphatic carbocycles. The largest absolute Gasteiger partial charge is 0.464 e. The minimum Gasteiger partial charge on any atom is -0.464 e. The van der Waals surface area contributed by atoms with Crippen LogP contribution in [0.5, 0.6) is 0 Å². The number of aliphatic hydroxyl groups excluding tert-OH is 1. The van der Waals surface area contributed by atoms with Crippen molar-refractivity contribution < 1.29 is 9.52 Å². The minimum absolute atomic E-state index is 0.102. The van der Waals surface area contributed by atoms with Gasteiger partial charge in [-0.25, -0.2) is 4.98 Å². The molecule has 0 fully saturated rings. The van der Waals surface area contributed by atoms with Crippen molar-refractivity contribution in [3.8, 4) is 10.6 Å². The van der Waals surface area contributed by atoms with Crippen molar-refractivity contribution in [3.63, 3.8) is 0 Å². The number of aromatic nitrogens is 1. The van der Waals surface area contributed by atoms with Crippen molar-refractivity contribution in [3.05, 3.63) is 41.6 Å². The Morgan fingerprint density at radius 3 is 3.06 bits per heavy atom. The molecule has 0 bridgehead atoms. The molecular weight excluding hydrogens is 248 g/mol. The fourth-order valence-corrected chi connectivity index (χ4v) is 2.72. The van der Waals surface area contributed by atoms with Crippen LogP contribution in [0.3, 0.4) is 0 Å². The number of benzene rings is 1. The summed E-state index contributed by atoms with van der Waals surface area (Å²) in [5, 5.41) is 12.8. The fraction of sp³-hybridized carbons (Fsp3) is 0.154. The Morgan fingerprint density at radius 1 is 1.39 bits per heavy atom. The van der Waals surface area contributed by atoms with Crippen LogP contribution in [0, 0.1) is 0 Å². The van der Waals surface area contributed by atoms with Gasteiger partial charge in [-0.2, -0.15) is 0 Å². The molecule has 5 heteroatoms. The van der Waals surface area contributed by atoms with Gasteiger partial charge in [-0.3, -0.25) is 0 Å². The Morgan fingerprint density at radius 2 is 2.22 bits per heavy atom. The molecule has 1 aromatic carbocycles. The fourth-order valence-electron chi connectivity index (χ4n) is 1.82. The van der Waals surface area contributed by atoms with Crippen molar-refractivity contribution in [2.24, 2.45) is 5.73 Å². The van der Waals surface area contributed by atoms with Crippen LogP contribution < -0.4 is 5.73 Å². The van der Waals surface area contributed by atoms with Crippen molar-refractivity contribution in [2.45, 2.75) is 6.04 Å². The smallest absolute Gasteiger partial charge is 0.134 e. The van der Waals surface area contributed by atoms with E-state index < -0.39 is 6.04 Å². The first kappa shape index (κ1) is 11.4. The summed E-state index contributed by atoms with van der Waals surface area (Å²) >= 11 is 1.50. The van der Waals surface area contributed by atoms with Crippen molar-refractivity contribution in [2.75, 3.05) is 6.61 Å². The van der Waals surface area contributed by atoms with Gasteiger partial charge in [0.2, 0.25) is 0 Å². The second kappa shape index (κ2) is 4.53. The van der Waals surface area contributed by atoms with Crippen LogP contribution in [0.1, 0.15) is 11.7 Å². The minimum atomic E-state index is -0.423. The Balaban J connectivity index is 2.07. The molecule has 0 radical (unpaired) electrons. The van der Waals surface area contributed by atoms with Crippen LogP contribution in [0.2, 0.25) is 0 Å². The van der Waals surface area contributed by atoms with Gasteiger partial charge in [0, 0.05) is 10.8 Å². The number of para-hydroxylation sites is 1. The lowest BCUT2D eigenvalue weighted by Crippen LogP contribution is -2.14. The van der Waals surface area contributed by atoms with E-state index in [9.17, 15) is 0 Å². The Kier molecular flexibility index (Phi) is 2.87. The molecule has 0 spiro atoms. The number of nitrogens with zero attached hydrogens (tertiary/aromatic N) is 1. The molecule has 1 unspecified atom stereocenters. The van der Waals surface area contributed by atoms with E-state index in [0.717, 1.165) is 21.5 Å². The van der Waals surface area contributed by atoms with Gasteiger partial charge >= 0.3 is 0 Å². The molecule has 18 heavy (non-hydrogen) atoms. The lowest BCUT2D eigenvalue weighted by atomic mass is 10.2. The molecule has 0 saturated carbocycles. The number of rotatable bonds is 3. The van der Waals surface area contributed by atoms with E-state index in [4.69, 9.17) is 15.3 Å². The highest BCUT2D eigenvalue weighted by atomic mass is 32.1. The summed E-state index contributed by atoms with van der Waals surface area (Å²) in [5.41, 5.74) is 8.26. The van der Waals surface area contributed by atoms with Crippen LogP contribution in [0.25, 0.3) is 21.5 Å². The summed E-state index contributed by atoms with van der Waals surface area (Å²) in [6.45, 7) is -0.102. The van der Waals surface area contributed by atoms with Gasteiger partial charge in [-0.1, -0.05) is 18.2 Å². The highest BCUT2D eigenvalue weighted by molar-refractivity contribution is 7.13. The zero-order chi connectivity index (χ0) is 12.5. The predicted molar refractivity (Wildman–Crippen MR) is 71.3 cm³/mol. The summed E-state index contributed by atoms with van der Waals surface area (Å²) in [4.78, 5) is 4.45. The molecule has 4 nitrogen and oxygen atoms in total. The first-order valence-electron chi connectivity index (χ1n) is 5.58. The van der Waals surface area contributed by atoms with Gasteiger partial charge < -0.3 is 15.3 Å². The van der Waals surface area contributed by atoms with E-state index in [1.165, 1.54) is 11.3 Å². The van der Waals surface area contributed by atoms with Crippen molar-refractivity contribution >= 4 is 22.3 Å². The van der Waals surface area contributed by atoms with Crippen molar-refractivity contribution in [1.29, 1.82) is 0 Å². The maximum absolute atomic E-state index is 9.02. The predicted octanol–water partition coefficient (Wildman–Crippen LogP) is 2.55. The maximum atomic E-state index is 9.02. The molecule has 0 aliphatic heterocycles. The van der Waals surface area contributed by atoms with Gasteiger partial charge in [0.25, 0.3) is 0 Å². The summed E-state index contributed by atoms with van der Waals surface area (Å²) in [7, 11) is 0. The first-order chi connectivity index (χ1) is 8.79. The second-order valence-electron chi connectivity index (χ2n) is 4.01. The number of furan rings is 1. The molecule has 3 N–H and O–H groups in total. The standard InChI is InChI=1S/C13H12N2O2S/c14-10(5-16)11-7-18-13(15-11)9-6-17-12-4-2-1-3-8(9)12/h1-4,6-7,10,16H,5,14H2. The van der Waals surface area contributed by atoms with Gasteiger partial charge in [0.15, 0.2) is 0 Å². The Hall–Kier alpha value is -1.69. The zero-order valence-corrected chi connectivity index (χ0v) is 10.4. The SMILES string of the molecule is NC(CO)c1csc(-c2coc3ccccc23)n1. The molecule has 2 aromatic heterocycles. The van der Waals surface area contributed by atoms with Gasteiger partial charge in [-0.15, -0.1) is 11.3 Å². The van der Waals surface area contributed by atoms with E-state index >= 15 is 0 Å². The quantitative estimate of drug-likeness (QED) is 0.759. The van der Waals surface area contributed by atoms with Crippen LogP contribution in [0.15, 0.2) is 40.3 Å². The number of nitrogens with two attached hydrogens (primary N) is 1. The molecular formula is C13H12N2O2S. The highest BCUT2D eigenvalue weighted by Crippen LogP contribution is 2.33. The van der Waals surface area contributed by atoms with Crippen LogP contribution in [-0.4, -0.2) is 16.7 Å². The Labute approximate surface area is 108 Å². The summed E-state index contributed by atoms with van der Waals surface area (Å²) in [6.07, 6.45) is 1.71. The lowest BCUT2D eigenvalue weighted by molar-refractivity contribution is 0.266. The van der Waals surface area contributed by atoms with E-state index in [1.54, 1.807) is 6.26 Å². The summed E-state index contributed by atoms with van der Waals surface area (Å²) in [5.74, 6) is 0. The summed E-state index contributed by atoms with van der Waals surface area (Å²) in [6, 6.07) is 7.40. The lowest BCUT2D eigenvalue weighted by Gasteiger charge is -2.01. The molecule has 0 saturated heterocycles. The highest BCUT2D eigenvalue weighted by Gasteiger charge is 2.14. The third-order valence-corrected chi connectivity index (χ3v) is 3.70. The number of thiazole rings is 1. The molecule has 92 valence electrons. The summed E-state index contributed by atoms with van der Waals surface area (Å²) < 4.78 is 5.49. The normalized spacial score (nSPS) is 13.0. The van der Waals surface area contributed by atoms with E-state index in [1.807, 2.05) is 29.6 Å². The van der Waals surface area contributed by atoms with Gasteiger partial charge in [0.1, 0.15) is 16.9 Å². The maximum Gasteiger partial charge on any atom is 0.134 e. The number of hydrogen-bond acceptors (Lipinski definition) is 5. The number of aliphatic hydroxyl groups is 1. The third-order valence-electron chi connectivity index (χ3n) is 2.81. The molecule has 0 aliphatic rings. The van der Waals surface area contributed by atoms with E-state index in [-0.39, 0.29) is 6.61 Å². The third kappa shape index (κ3) is 1.82. The topological polar surface area (TPSA) is 72.3 Å². The zero-order valence-electron chi connectivity index (χ0n) is 9.54. The molecule has 2 heterocycles. The van der Waals surface area contributed by atoms with Crippen LogP contribution >= 0.6 is 11.3 Å². The van der Waals surface area contributed by atoms with Crippen molar-refractivity contribution in [1.82, 2.24) is 4.98 Å². The number of fused-ring (bicyclic) bond motifs is 1. The molecule has 3 rings (SSSR count). The average molecular weight is 260 g/mol. The molecule has 3 aromatic rings. The van der Waals surface area contributed by atoms with Gasteiger partial charge in [0.05, 0.1) is 23.9 Å². The first-order valence-corrected chi connectivity index (χ1v) is 6.46. The van der Waals surface area contributed by atoms with E-state index in [0.29, 0.717) is 5.69 Å². The molecule has 1 atom stereocenters. The second-order valence-corrected chi connectivity index (χ2v) is 4.87. The average Bonchev–Trinajstić information content (AvgIpc) is 3.03. The van der Waals surface area contributed by atoms with E-state index in [2.05, 4.69) is 4.98 Å². The van der Waals surface area contributed by atoms with Gasteiger partial charge in [-0.05, 0) is 6.07 Å². The monoisotopic (exact) mass is 260 g/mol. The Bertz CT molecular complexity index is 674. The van der Waals surface area contributed by atoms with Crippen LogP contribution in [0.4, 0.5) is 0 Å². The molecule has 0 amide bonds.